The van der Waals surface area contributed by atoms with Gasteiger partial charge < -0.3 is 36.8 Å². The largest absolute Gasteiger partial charge is 0.481 e. The second-order valence-corrected chi connectivity index (χ2v) is 10.9. The summed E-state index contributed by atoms with van der Waals surface area (Å²) in [5.74, 6) is -3.26. The van der Waals surface area contributed by atoms with E-state index in [9.17, 15) is 39.6 Å². The van der Waals surface area contributed by atoms with Gasteiger partial charge >= 0.3 is 5.97 Å². The fourth-order valence-corrected chi connectivity index (χ4v) is 5.98. The Kier molecular flexibility index (Phi) is 8.52. The van der Waals surface area contributed by atoms with Gasteiger partial charge in [0.25, 0.3) is 5.91 Å². The van der Waals surface area contributed by atoms with Crippen molar-refractivity contribution in [1.29, 1.82) is 0 Å². The standard InChI is InChI=1S/C23H33N3O8S/c24-20(32)14(8-13-4-3-7-35-13)26-21(33)23(34)9-15(19(31)16(27)10-23)25-17(28)11-22(12-18(29)30)5-1-2-6-22/h3-4,7,14-16,19,27,31,34H,1-2,5-6,8-12H2,(H2,24,32)(H,25,28)(H,26,33)(H,29,30). The molecular formula is C23H33N3O8S. The molecule has 0 aliphatic heterocycles. The number of hydrogen-bond donors (Lipinski definition) is 7. The number of thiophene rings is 1. The van der Waals surface area contributed by atoms with E-state index in [-0.39, 0.29) is 19.3 Å². The average Bonchev–Trinajstić information content (AvgIpc) is 3.42. The van der Waals surface area contributed by atoms with Gasteiger partial charge in [0.2, 0.25) is 11.8 Å². The van der Waals surface area contributed by atoms with E-state index in [1.165, 1.54) is 11.3 Å². The van der Waals surface area contributed by atoms with Gasteiger partial charge in [-0.15, -0.1) is 11.3 Å². The topological polar surface area (TPSA) is 199 Å². The van der Waals surface area contributed by atoms with Crippen molar-refractivity contribution in [2.75, 3.05) is 0 Å². The van der Waals surface area contributed by atoms with Crippen molar-refractivity contribution in [3.05, 3.63) is 22.4 Å². The predicted molar refractivity (Wildman–Crippen MR) is 125 cm³/mol. The van der Waals surface area contributed by atoms with Crippen molar-refractivity contribution in [3.8, 4) is 0 Å². The van der Waals surface area contributed by atoms with E-state index >= 15 is 0 Å². The van der Waals surface area contributed by atoms with Crippen LogP contribution in [0.15, 0.2) is 17.5 Å². The van der Waals surface area contributed by atoms with Gasteiger partial charge in [-0.05, 0) is 29.7 Å². The van der Waals surface area contributed by atoms with Crippen LogP contribution < -0.4 is 16.4 Å². The zero-order chi connectivity index (χ0) is 25.8. The molecule has 0 aromatic carbocycles. The van der Waals surface area contributed by atoms with Crippen molar-refractivity contribution < 1.29 is 39.6 Å². The molecule has 0 radical (unpaired) electrons. The first-order valence-corrected chi connectivity index (χ1v) is 12.5. The number of carbonyl (C=O) groups is 4. The van der Waals surface area contributed by atoms with E-state index in [2.05, 4.69) is 10.6 Å². The van der Waals surface area contributed by atoms with Gasteiger partial charge in [0.1, 0.15) is 17.7 Å². The van der Waals surface area contributed by atoms with E-state index in [4.69, 9.17) is 5.73 Å². The van der Waals surface area contributed by atoms with Crippen LogP contribution in [0.4, 0.5) is 0 Å². The lowest BCUT2D eigenvalue weighted by Gasteiger charge is -2.42. The summed E-state index contributed by atoms with van der Waals surface area (Å²) >= 11 is 1.38. The van der Waals surface area contributed by atoms with Crippen LogP contribution in [0.5, 0.6) is 0 Å². The van der Waals surface area contributed by atoms with Gasteiger partial charge in [-0.25, -0.2) is 0 Å². The maximum Gasteiger partial charge on any atom is 0.303 e. The molecule has 3 rings (SSSR count). The molecule has 2 fully saturated rings. The third-order valence-corrected chi connectivity index (χ3v) is 7.94. The fourth-order valence-electron chi connectivity index (χ4n) is 5.23. The fraction of sp³-hybridized carbons (Fsp3) is 0.652. The number of rotatable bonds is 10. The van der Waals surface area contributed by atoms with E-state index in [1.54, 1.807) is 17.5 Å². The molecule has 5 unspecified atom stereocenters. The minimum Gasteiger partial charge on any atom is -0.481 e. The van der Waals surface area contributed by atoms with Gasteiger partial charge in [-0.3, -0.25) is 19.2 Å². The van der Waals surface area contributed by atoms with Crippen LogP contribution in [0.2, 0.25) is 0 Å². The quantitative estimate of drug-likeness (QED) is 0.216. The Morgan fingerprint density at radius 3 is 2.40 bits per heavy atom. The van der Waals surface area contributed by atoms with Crippen molar-refractivity contribution >= 4 is 35.0 Å². The summed E-state index contributed by atoms with van der Waals surface area (Å²) < 4.78 is 0. The average molecular weight is 512 g/mol. The molecule has 2 aliphatic rings. The van der Waals surface area contributed by atoms with Crippen LogP contribution in [-0.2, 0) is 25.6 Å². The van der Waals surface area contributed by atoms with Crippen LogP contribution >= 0.6 is 11.3 Å². The molecule has 0 saturated heterocycles. The Hall–Kier alpha value is -2.54. The number of amides is 3. The van der Waals surface area contributed by atoms with Crippen LogP contribution in [0.1, 0.15) is 56.2 Å². The number of aliphatic hydroxyl groups excluding tert-OH is 2. The number of aliphatic hydroxyl groups is 3. The third-order valence-electron chi connectivity index (χ3n) is 7.04. The molecule has 1 aromatic heterocycles. The lowest BCUT2D eigenvalue weighted by Crippen LogP contribution is -2.64. The van der Waals surface area contributed by atoms with Gasteiger partial charge in [-0.1, -0.05) is 18.9 Å². The normalized spacial score (nSPS) is 28.7. The molecule has 3 amide bonds. The second-order valence-electron chi connectivity index (χ2n) is 9.84. The Morgan fingerprint density at radius 1 is 1.14 bits per heavy atom. The predicted octanol–water partition coefficient (Wildman–Crippen LogP) is -0.583. The molecule has 35 heavy (non-hydrogen) atoms. The molecule has 8 N–H and O–H groups in total. The summed E-state index contributed by atoms with van der Waals surface area (Å²) in [4.78, 5) is 49.7. The molecule has 2 saturated carbocycles. The second kappa shape index (κ2) is 11.0. The number of primary amides is 1. The minimum absolute atomic E-state index is 0.0756. The Morgan fingerprint density at radius 2 is 1.83 bits per heavy atom. The molecule has 1 heterocycles. The zero-order valence-corrected chi connectivity index (χ0v) is 20.1. The van der Waals surface area contributed by atoms with Gasteiger partial charge in [0.15, 0.2) is 0 Å². The highest BCUT2D eigenvalue weighted by Crippen LogP contribution is 2.44. The lowest BCUT2D eigenvalue weighted by molar-refractivity contribution is -0.161. The highest BCUT2D eigenvalue weighted by Gasteiger charge is 2.50. The van der Waals surface area contributed by atoms with Crippen molar-refractivity contribution in [3.63, 3.8) is 0 Å². The molecule has 11 nitrogen and oxygen atoms in total. The van der Waals surface area contributed by atoms with Crippen LogP contribution in [-0.4, -0.2) is 74.0 Å². The highest BCUT2D eigenvalue weighted by molar-refractivity contribution is 7.09. The molecule has 0 spiro atoms. The number of aliphatic carboxylic acids is 1. The maximum atomic E-state index is 13.0. The summed E-state index contributed by atoms with van der Waals surface area (Å²) in [6.45, 7) is 0. The number of carboxylic acid groups (broad SMARTS) is 1. The van der Waals surface area contributed by atoms with Gasteiger partial charge in [0.05, 0.1) is 18.6 Å². The summed E-state index contributed by atoms with van der Waals surface area (Å²) in [6, 6.07) is 1.30. The molecule has 1 aromatic rings. The summed E-state index contributed by atoms with van der Waals surface area (Å²) in [5.41, 5.74) is 2.57. The zero-order valence-electron chi connectivity index (χ0n) is 19.3. The first-order chi connectivity index (χ1) is 16.4. The Bertz CT molecular complexity index is 933. The van der Waals surface area contributed by atoms with E-state index in [0.29, 0.717) is 12.8 Å². The van der Waals surface area contributed by atoms with E-state index in [0.717, 1.165) is 17.7 Å². The number of nitrogens with two attached hydrogens (primary N) is 1. The van der Waals surface area contributed by atoms with Crippen molar-refractivity contribution in [2.45, 2.75) is 87.7 Å². The maximum absolute atomic E-state index is 13.0. The van der Waals surface area contributed by atoms with Crippen molar-refractivity contribution in [2.24, 2.45) is 11.1 Å². The van der Waals surface area contributed by atoms with Crippen LogP contribution in [0.3, 0.4) is 0 Å². The van der Waals surface area contributed by atoms with E-state index < -0.39 is 71.8 Å². The lowest BCUT2D eigenvalue weighted by atomic mass is 9.76. The van der Waals surface area contributed by atoms with Gasteiger partial charge in [-0.2, -0.15) is 0 Å². The molecule has 12 heteroatoms. The number of carboxylic acids is 1. The first kappa shape index (κ1) is 27.1. The molecule has 0 bridgehead atoms. The van der Waals surface area contributed by atoms with Crippen LogP contribution in [0.25, 0.3) is 0 Å². The summed E-state index contributed by atoms with van der Waals surface area (Å²) in [6.07, 6.45) is -1.14. The number of nitrogens with one attached hydrogen (secondary N) is 2. The van der Waals surface area contributed by atoms with Crippen molar-refractivity contribution in [1.82, 2.24) is 10.6 Å². The third kappa shape index (κ3) is 6.78. The highest BCUT2D eigenvalue weighted by atomic mass is 32.1. The SMILES string of the molecule is NC(=O)C(Cc1cccs1)NC(=O)C1(O)CC(O)C(O)C(NC(=O)CC2(CC(=O)O)CCCC2)C1. The first-order valence-electron chi connectivity index (χ1n) is 11.7. The Balaban J connectivity index is 1.67. The molecular weight excluding hydrogens is 478 g/mol. The minimum atomic E-state index is -2.17. The molecule has 2 aliphatic carbocycles. The number of hydrogen-bond acceptors (Lipinski definition) is 8. The summed E-state index contributed by atoms with van der Waals surface area (Å²) in [7, 11) is 0. The Labute approximate surface area is 206 Å². The monoisotopic (exact) mass is 511 g/mol. The summed E-state index contributed by atoms with van der Waals surface area (Å²) in [5, 5.41) is 47.9. The van der Waals surface area contributed by atoms with Crippen LogP contribution in [0, 0.1) is 5.41 Å². The smallest absolute Gasteiger partial charge is 0.303 e. The number of carbonyl (C=O) groups excluding carboxylic acids is 3. The molecule has 5 atom stereocenters. The van der Waals surface area contributed by atoms with Gasteiger partial charge in [0, 0.05) is 30.6 Å². The molecule has 194 valence electrons. The van der Waals surface area contributed by atoms with E-state index in [1.807, 2.05) is 0 Å².